The monoisotopic (exact) mass is 167 g/mol. The number of H-pyrrole nitrogens is 1. The average molecular weight is 167 g/mol. The first-order valence-corrected chi connectivity index (χ1v) is 4.88. The number of imidazole rings is 1. The van der Waals surface area contributed by atoms with E-state index in [-0.39, 0.29) is 0 Å². The zero-order chi connectivity index (χ0) is 8.81. The molecule has 0 bridgehead atoms. The van der Waals surface area contributed by atoms with Crippen molar-refractivity contribution in [2.75, 3.05) is 0 Å². The van der Waals surface area contributed by atoms with Gasteiger partial charge in [-0.1, -0.05) is 19.8 Å². The van der Waals surface area contributed by atoms with Crippen LogP contribution in [0.25, 0.3) is 0 Å². The predicted molar refractivity (Wildman–Crippen MR) is 49.8 cm³/mol. The van der Waals surface area contributed by atoms with Gasteiger partial charge in [0.05, 0.1) is 6.04 Å². The molecule has 1 aromatic heterocycles. The van der Waals surface area contributed by atoms with Crippen LogP contribution in [0, 0.1) is 0 Å². The van der Waals surface area contributed by atoms with Gasteiger partial charge >= 0.3 is 0 Å². The van der Waals surface area contributed by atoms with Crippen molar-refractivity contribution in [1.29, 1.82) is 0 Å². The molecule has 0 aromatic carbocycles. The van der Waals surface area contributed by atoms with Gasteiger partial charge in [0, 0.05) is 0 Å². The first kappa shape index (κ1) is 9.30. The summed E-state index contributed by atoms with van der Waals surface area (Å²) in [6.45, 7) is 4.51. The van der Waals surface area contributed by atoms with Crippen molar-refractivity contribution in [2.45, 2.75) is 45.6 Å². The highest BCUT2D eigenvalue weighted by Crippen LogP contribution is 2.08. The second kappa shape index (κ2) is 4.96. The number of rotatable bonds is 5. The molecule has 1 aromatic rings. The van der Waals surface area contributed by atoms with E-state index < -0.39 is 0 Å². The van der Waals surface area contributed by atoms with Gasteiger partial charge in [0.2, 0.25) is 6.33 Å². The third kappa shape index (κ3) is 2.68. The molecule has 2 nitrogen and oxygen atoms in total. The third-order valence-electron chi connectivity index (χ3n) is 2.30. The van der Waals surface area contributed by atoms with E-state index in [9.17, 15) is 0 Å². The van der Waals surface area contributed by atoms with E-state index in [1.165, 1.54) is 25.7 Å². The SMILES string of the molecule is CCCCCC(C)[n+]1cc[nH]c1. The second-order valence-corrected chi connectivity index (χ2v) is 3.40. The van der Waals surface area contributed by atoms with Gasteiger partial charge in [0.25, 0.3) is 0 Å². The molecule has 1 rings (SSSR count). The third-order valence-corrected chi connectivity index (χ3v) is 2.30. The number of aromatic amines is 1. The molecule has 0 aliphatic rings. The molecule has 0 aliphatic carbocycles. The van der Waals surface area contributed by atoms with E-state index in [2.05, 4.69) is 29.6 Å². The number of nitrogens with one attached hydrogen (secondary N) is 1. The summed E-state index contributed by atoms with van der Waals surface area (Å²) in [4.78, 5) is 3.06. The zero-order valence-electron chi connectivity index (χ0n) is 8.09. The molecule has 0 saturated heterocycles. The lowest BCUT2D eigenvalue weighted by Crippen LogP contribution is -2.34. The van der Waals surface area contributed by atoms with Crippen molar-refractivity contribution in [3.63, 3.8) is 0 Å². The molecule has 0 saturated carbocycles. The van der Waals surface area contributed by atoms with Crippen molar-refractivity contribution >= 4 is 0 Å². The van der Waals surface area contributed by atoms with Crippen LogP contribution in [-0.2, 0) is 0 Å². The van der Waals surface area contributed by atoms with Crippen LogP contribution in [0.5, 0.6) is 0 Å². The fraction of sp³-hybridized carbons (Fsp3) is 0.700. The molecule has 2 heteroatoms. The van der Waals surface area contributed by atoms with Gasteiger partial charge < -0.3 is 0 Å². The molecule has 12 heavy (non-hydrogen) atoms. The lowest BCUT2D eigenvalue weighted by Gasteiger charge is -2.06. The predicted octanol–water partition coefficient (Wildman–Crippen LogP) is 2.44. The first-order chi connectivity index (χ1) is 5.84. The van der Waals surface area contributed by atoms with Gasteiger partial charge in [-0.25, -0.2) is 4.57 Å². The van der Waals surface area contributed by atoms with Crippen molar-refractivity contribution in [1.82, 2.24) is 4.98 Å². The molecule has 68 valence electrons. The van der Waals surface area contributed by atoms with E-state index in [4.69, 9.17) is 0 Å². The Hall–Kier alpha value is -0.790. The Morgan fingerprint density at radius 1 is 1.42 bits per heavy atom. The smallest absolute Gasteiger partial charge is 0.241 e. The average Bonchev–Trinajstić information content (AvgIpc) is 2.56. The summed E-state index contributed by atoms with van der Waals surface area (Å²) < 4.78 is 2.23. The maximum Gasteiger partial charge on any atom is 0.241 e. The molecule has 1 atom stereocenters. The zero-order valence-corrected chi connectivity index (χ0v) is 8.09. The highest BCUT2D eigenvalue weighted by atomic mass is 15.0. The van der Waals surface area contributed by atoms with E-state index in [1.807, 2.05) is 12.5 Å². The van der Waals surface area contributed by atoms with E-state index in [0.717, 1.165) is 0 Å². The highest BCUT2D eigenvalue weighted by Gasteiger charge is 2.07. The van der Waals surface area contributed by atoms with Crippen LogP contribution < -0.4 is 4.57 Å². The summed E-state index contributed by atoms with van der Waals surface area (Å²) >= 11 is 0. The minimum absolute atomic E-state index is 0.641. The lowest BCUT2D eigenvalue weighted by atomic mass is 10.1. The summed E-state index contributed by atoms with van der Waals surface area (Å²) in [5.41, 5.74) is 0. The van der Waals surface area contributed by atoms with Gasteiger partial charge in [0.15, 0.2) is 0 Å². The molecule has 0 radical (unpaired) electrons. The Labute approximate surface area is 74.6 Å². The minimum Gasteiger partial charge on any atom is -0.250 e. The topological polar surface area (TPSA) is 19.7 Å². The van der Waals surface area contributed by atoms with Crippen LogP contribution in [0.1, 0.15) is 45.6 Å². The van der Waals surface area contributed by atoms with Crippen molar-refractivity contribution in [2.24, 2.45) is 0 Å². The summed E-state index contributed by atoms with van der Waals surface area (Å²) in [5.74, 6) is 0. The maximum absolute atomic E-state index is 3.06. The molecular formula is C10H19N2+. The fourth-order valence-corrected chi connectivity index (χ4v) is 1.41. The fourth-order valence-electron chi connectivity index (χ4n) is 1.41. The van der Waals surface area contributed by atoms with Gasteiger partial charge in [-0.3, -0.25) is 4.98 Å². The van der Waals surface area contributed by atoms with E-state index in [0.29, 0.717) is 6.04 Å². The van der Waals surface area contributed by atoms with Crippen LogP contribution in [0.4, 0.5) is 0 Å². The van der Waals surface area contributed by atoms with E-state index in [1.54, 1.807) is 0 Å². The first-order valence-electron chi connectivity index (χ1n) is 4.88. The summed E-state index contributed by atoms with van der Waals surface area (Å²) in [5, 5.41) is 0. The molecular weight excluding hydrogens is 148 g/mol. The normalized spacial score (nSPS) is 13.2. The lowest BCUT2D eigenvalue weighted by molar-refractivity contribution is -0.719. The van der Waals surface area contributed by atoms with Crippen molar-refractivity contribution in [3.05, 3.63) is 18.7 Å². The van der Waals surface area contributed by atoms with Gasteiger partial charge in [-0.05, 0) is 19.8 Å². The number of aromatic nitrogens is 2. The highest BCUT2D eigenvalue weighted by molar-refractivity contribution is 4.58. The van der Waals surface area contributed by atoms with Crippen LogP contribution in [0.15, 0.2) is 18.7 Å². The largest absolute Gasteiger partial charge is 0.250 e. The second-order valence-electron chi connectivity index (χ2n) is 3.40. The van der Waals surface area contributed by atoms with Crippen molar-refractivity contribution in [3.8, 4) is 0 Å². The quantitative estimate of drug-likeness (QED) is 0.513. The summed E-state index contributed by atoms with van der Waals surface area (Å²) in [7, 11) is 0. The van der Waals surface area contributed by atoms with Gasteiger partial charge in [-0.15, -0.1) is 0 Å². The standard InChI is InChI=1S/C10H18N2/c1-3-4-5-6-10(2)12-8-7-11-9-12/h7-10H,3-6H2,1-2H3/p+1. The van der Waals surface area contributed by atoms with Gasteiger partial charge in [-0.2, -0.15) is 0 Å². The Bertz CT molecular complexity index is 192. The van der Waals surface area contributed by atoms with Crippen molar-refractivity contribution < 1.29 is 4.57 Å². The molecule has 0 amide bonds. The molecule has 0 fully saturated rings. The summed E-state index contributed by atoms with van der Waals surface area (Å²) in [6.07, 6.45) is 11.4. The van der Waals surface area contributed by atoms with Gasteiger partial charge in [0.1, 0.15) is 12.4 Å². The number of hydrogen-bond acceptors (Lipinski definition) is 0. The van der Waals surface area contributed by atoms with Crippen LogP contribution in [-0.4, -0.2) is 4.98 Å². The maximum atomic E-state index is 3.06. The molecule has 1 unspecified atom stereocenters. The summed E-state index contributed by atoms with van der Waals surface area (Å²) in [6, 6.07) is 0.641. The van der Waals surface area contributed by atoms with E-state index >= 15 is 0 Å². The van der Waals surface area contributed by atoms with Crippen LogP contribution in [0.3, 0.4) is 0 Å². The molecule has 1 N–H and O–H groups in total. The van der Waals surface area contributed by atoms with Crippen LogP contribution >= 0.6 is 0 Å². The Balaban J connectivity index is 2.25. The van der Waals surface area contributed by atoms with Crippen LogP contribution in [0.2, 0.25) is 0 Å². The molecule has 0 spiro atoms. The number of nitrogens with zero attached hydrogens (tertiary/aromatic N) is 1. The Morgan fingerprint density at radius 3 is 2.83 bits per heavy atom. The molecule has 1 heterocycles. The Kier molecular flexibility index (Phi) is 3.85. The molecule has 0 aliphatic heterocycles. The number of hydrogen-bond donors (Lipinski definition) is 1. The number of unbranched alkanes of at least 4 members (excludes halogenated alkanes) is 2. The minimum atomic E-state index is 0.641. The Morgan fingerprint density at radius 2 is 2.25 bits per heavy atom.